The van der Waals surface area contributed by atoms with E-state index in [4.69, 9.17) is 14.6 Å². The average molecular weight is 597 g/mol. The van der Waals surface area contributed by atoms with Crippen molar-refractivity contribution >= 4 is 28.3 Å². The second-order valence-electron chi connectivity index (χ2n) is 12.2. The molecule has 0 spiro atoms. The molecule has 0 radical (unpaired) electrons. The van der Waals surface area contributed by atoms with Crippen molar-refractivity contribution in [3.63, 3.8) is 0 Å². The maximum atomic E-state index is 14.1. The van der Waals surface area contributed by atoms with Crippen LogP contribution in [0.25, 0.3) is 27.7 Å². The highest BCUT2D eigenvalue weighted by Gasteiger charge is 2.62. The molecule has 1 aromatic heterocycles. The van der Waals surface area contributed by atoms with E-state index in [1.165, 1.54) is 20.3 Å². The van der Waals surface area contributed by atoms with Gasteiger partial charge in [-0.2, -0.15) is 5.10 Å². The zero-order chi connectivity index (χ0) is 30.7. The van der Waals surface area contributed by atoms with Gasteiger partial charge in [-0.15, -0.1) is 0 Å². The van der Waals surface area contributed by atoms with Crippen LogP contribution in [0.15, 0.2) is 60.7 Å². The number of nitrogens with zero attached hydrogens (tertiary/aromatic N) is 3. The van der Waals surface area contributed by atoms with Crippen molar-refractivity contribution in [3.8, 4) is 28.4 Å². The summed E-state index contributed by atoms with van der Waals surface area (Å²) in [5.74, 6) is 0.122. The summed E-state index contributed by atoms with van der Waals surface area (Å²) in [5, 5.41) is 31.1. The van der Waals surface area contributed by atoms with Crippen LogP contribution < -0.4 is 14.8 Å². The number of carbonyl (C=O) groups excluding carboxylic acids is 1. The molecule has 4 aliphatic rings. The first-order valence-corrected chi connectivity index (χ1v) is 14.8. The summed E-state index contributed by atoms with van der Waals surface area (Å²) >= 11 is 0. The third kappa shape index (κ3) is 4.13. The molecule has 4 fully saturated rings. The Morgan fingerprint density at radius 1 is 0.932 bits per heavy atom. The van der Waals surface area contributed by atoms with Crippen molar-refractivity contribution in [2.75, 3.05) is 14.2 Å². The molecule has 3 aromatic carbocycles. The first kappa shape index (κ1) is 27.9. The monoisotopic (exact) mass is 596 g/mol. The minimum absolute atomic E-state index is 0.0184. The Labute approximate surface area is 252 Å². The summed E-state index contributed by atoms with van der Waals surface area (Å²) in [7, 11) is 3.05. The molecule has 8 rings (SSSR count). The molecule has 4 bridgehead atoms. The zero-order valence-electron chi connectivity index (χ0n) is 24.4. The minimum Gasteiger partial charge on any atom is -0.496 e. The fourth-order valence-electron chi connectivity index (χ4n) is 8.35. The number of fused-ring (bicyclic) bond motifs is 1. The minimum atomic E-state index is -1.35. The largest absolute Gasteiger partial charge is 0.496 e. The van der Waals surface area contributed by atoms with E-state index in [9.17, 15) is 24.8 Å². The Bertz CT molecular complexity index is 1780. The SMILES string of the molecule is COc1cccc(OC)c1-c1cc(C(=O)NC2(C(=O)O)C3CC4CC(C3)CC2C4)nn1-c1ccc([N+](=O)[O-])c2ccccc12. The molecule has 4 saturated carbocycles. The quantitative estimate of drug-likeness (QED) is 0.197. The number of methoxy groups -OCH3 is 2. The Morgan fingerprint density at radius 2 is 1.55 bits per heavy atom. The predicted molar refractivity (Wildman–Crippen MR) is 161 cm³/mol. The Balaban J connectivity index is 1.40. The standard InChI is InChI=1S/C33H32N4O7/c1-43-28-8-5-9-29(44-2)30(28)27-17-24(35-36(27)25-10-11-26(37(41)42)23-7-4-3-6-22(23)25)31(38)34-33(32(39)40)20-13-18-12-19(15-20)16-21(33)14-18/h3-11,17-21H,12-16H2,1-2H3,(H,34,38)(H,39,40). The molecule has 0 atom stereocenters. The fraction of sp³-hybridized carbons (Fsp3) is 0.364. The lowest BCUT2D eigenvalue weighted by Crippen LogP contribution is -2.70. The summed E-state index contributed by atoms with van der Waals surface area (Å²) in [6.45, 7) is 0. The van der Waals surface area contributed by atoms with Gasteiger partial charge in [0.25, 0.3) is 11.6 Å². The van der Waals surface area contributed by atoms with Crippen LogP contribution in [-0.4, -0.2) is 51.4 Å². The summed E-state index contributed by atoms with van der Waals surface area (Å²) < 4.78 is 12.9. The highest BCUT2D eigenvalue weighted by atomic mass is 16.6. The molecule has 0 aliphatic heterocycles. The van der Waals surface area contributed by atoms with E-state index in [-0.39, 0.29) is 23.2 Å². The van der Waals surface area contributed by atoms with E-state index < -0.39 is 22.3 Å². The number of hydrogen-bond donors (Lipinski definition) is 2. The van der Waals surface area contributed by atoms with Crippen LogP contribution in [0, 0.1) is 33.8 Å². The van der Waals surface area contributed by atoms with Gasteiger partial charge < -0.3 is 19.9 Å². The summed E-state index contributed by atoms with van der Waals surface area (Å²) in [6, 6.07) is 16.8. The molecule has 44 heavy (non-hydrogen) atoms. The molecule has 4 aromatic rings. The number of carboxylic acid groups (broad SMARTS) is 1. The second-order valence-corrected chi connectivity index (χ2v) is 12.2. The van der Waals surface area contributed by atoms with Gasteiger partial charge in [0.2, 0.25) is 0 Å². The number of aromatic nitrogens is 2. The van der Waals surface area contributed by atoms with Gasteiger partial charge in [-0.1, -0.05) is 24.3 Å². The van der Waals surface area contributed by atoms with Gasteiger partial charge in [0, 0.05) is 11.5 Å². The second kappa shape index (κ2) is 10.4. The Kier molecular flexibility index (Phi) is 6.56. The number of hydrogen-bond acceptors (Lipinski definition) is 7. The van der Waals surface area contributed by atoms with Crippen molar-refractivity contribution in [2.24, 2.45) is 23.7 Å². The Morgan fingerprint density at radius 3 is 2.11 bits per heavy atom. The van der Waals surface area contributed by atoms with Crippen LogP contribution in [-0.2, 0) is 4.79 Å². The number of amides is 1. The van der Waals surface area contributed by atoms with Crippen LogP contribution >= 0.6 is 0 Å². The molecule has 1 heterocycles. The fourth-order valence-corrected chi connectivity index (χ4v) is 8.35. The van der Waals surface area contributed by atoms with Crippen molar-refractivity contribution in [1.29, 1.82) is 0 Å². The van der Waals surface area contributed by atoms with Crippen molar-refractivity contribution < 1.29 is 29.1 Å². The molecular formula is C33H32N4O7. The number of nitrogens with one attached hydrogen (secondary N) is 1. The molecule has 4 aliphatic carbocycles. The first-order valence-electron chi connectivity index (χ1n) is 14.8. The van der Waals surface area contributed by atoms with E-state index in [1.807, 2.05) is 0 Å². The lowest BCUT2D eigenvalue weighted by molar-refractivity contribution is -0.383. The van der Waals surface area contributed by atoms with Gasteiger partial charge in [0.15, 0.2) is 5.69 Å². The lowest BCUT2D eigenvalue weighted by Gasteiger charge is -2.59. The number of carboxylic acids is 1. The predicted octanol–water partition coefficient (Wildman–Crippen LogP) is 5.63. The molecular weight excluding hydrogens is 564 g/mol. The van der Waals surface area contributed by atoms with Crippen LogP contribution in [0.2, 0.25) is 0 Å². The number of ether oxygens (including phenoxy) is 2. The normalized spacial score (nSPS) is 25.1. The van der Waals surface area contributed by atoms with Crippen LogP contribution in [0.1, 0.15) is 42.6 Å². The molecule has 11 heteroatoms. The van der Waals surface area contributed by atoms with Crippen molar-refractivity contribution in [3.05, 3.63) is 76.5 Å². The molecule has 2 N–H and O–H groups in total. The van der Waals surface area contributed by atoms with E-state index in [2.05, 4.69) is 5.32 Å². The number of non-ortho nitro benzene ring substituents is 1. The van der Waals surface area contributed by atoms with Crippen LogP contribution in [0.3, 0.4) is 0 Å². The number of benzene rings is 3. The van der Waals surface area contributed by atoms with Gasteiger partial charge in [-0.05, 0) is 86.1 Å². The van der Waals surface area contributed by atoms with Gasteiger partial charge in [-0.3, -0.25) is 14.9 Å². The van der Waals surface area contributed by atoms with Gasteiger partial charge in [-0.25, -0.2) is 9.48 Å². The molecule has 0 saturated heterocycles. The van der Waals surface area contributed by atoms with E-state index in [0.29, 0.717) is 51.1 Å². The molecule has 0 unspecified atom stereocenters. The Hall–Kier alpha value is -4.93. The highest BCUT2D eigenvalue weighted by molar-refractivity contribution is 6.00. The van der Waals surface area contributed by atoms with Gasteiger partial charge in [0.1, 0.15) is 17.0 Å². The van der Waals surface area contributed by atoms with Crippen LogP contribution in [0.5, 0.6) is 11.5 Å². The maximum Gasteiger partial charge on any atom is 0.330 e. The maximum absolute atomic E-state index is 14.1. The zero-order valence-corrected chi connectivity index (χ0v) is 24.4. The lowest BCUT2D eigenvalue weighted by atomic mass is 9.48. The van der Waals surface area contributed by atoms with E-state index >= 15 is 0 Å². The summed E-state index contributed by atoms with van der Waals surface area (Å²) in [5.41, 5.74) is 0.0696. The third-order valence-corrected chi connectivity index (χ3v) is 10.0. The number of nitro groups is 1. The van der Waals surface area contributed by atoms with Crippen LogP contribution in [0.4, 0.5) is 5.69 Å². The van der Waals surface area contributed by atoms with E-state index in [0.717, 1.165) is 32.1 Å². The van der Waals surface area contributed by atoms with Crippen molar-refractivity contribution in [1.82, 2.24) is 15.1 Å². The smallest absolute Gasteiger partial charge is 0.330 e. The van der Waals surface area contributed by atoms with Gasteiger partial charge >= 0.3 is 5.97 Å². The topological polar surface area (TPSA) is 146 Å². The first-order chi connectivity index (χ1) is 21.2. The van der Waals surface area contributed by atoms with E-state index in [1.54, 1.807) is 59.3 Å². The molecule has 226 valence electrons. The summed E-state index contributed by atoms with van der Waals surface area (Å²) in [4.78, 5) is 38.5. The molecule has 11 nitrogen and oxygen atoms in total. The highest BCUT2D eigenvalue weighted by Crippen LogP contribution is 2.58. The van der Waals surface area contributed by atoms with Gasteiger partial charge in [0.05, 0.1) is 41.5 Å². The number of aliphatic carboxylic acids is 1. The number of rotatable bonds is 8. The third-order valence-electron chi connectivity index (χ3n) is 10.0. The van der Waals surface area contributed by atoms with Crippen molar-refractivity contribution in [2.45, 2.75) is 37.6 Å². The number of nitro benzene ring substituents is 1. The summed E-state index contributed by atoms with van der Waals surface area (Å²) in [6.07, 6.45) is 4.34. The molecule has 1 amide bonds. The average Bonchev–Trinajstić information content (AvgIpc) is 3.46. The number of carbonyl (C=O) groups is 2.